The van der Waals surface area contributed by atoms with Gasteiger partial charge >= 0.3 is 0 Å². The molecule has 0 aliphatic carbocycles. The van der Waals surface area contributed by atoms with Crippen LogP contribution < -0.4 is 5.32 Å². The molecule has 0 aromatic carbocycles. The average Bonchev–Trinajstić information content (AvgIpc) is 2.78. The Hall–Kier alpha value is -1.46. The first-order valence-corrected chi connectivity index (χ1v) is 5.93. The highest BCUT2D eigenvalue weighted by Crippen LogP contribution is 2.17. The second-order valence-corrected chi connectivity index (χ2v) is 4.10. The van der Waals surface area contributed by atoms with Crippen LogP contribution in [0, 0.1) is 0 Å². The van der Waals surface area contributed by atoms with Crippen molar-refractivity contribution in [2.45, 2.75) is 5.88 Å². The van der Waals surface area contributed by atoms with E-state index in [1.165, 1.54) is 17.5 Å². The number of hydrogen-bond donors (Lipinski definition) is 1. The van der Waals surface area contributed by atoms with Crippen molar-refractivity contribution < 1.29 is 4.79 Å². The van der Waals surface area contributed by atoms with Gasteiger partial charge in [-0.3, -0.25) is 15.1 Å². The van der Waals surface area contributed by atoms with Gasteiger partial charge in [-0.2, -0.15) is 0 Å². The van der Waals surface area contributed by atoms with Crippen LogP contribution in [0.3, 0.4) is 0 Å². The highest BCUT2D eigenvalue weighted by molar-refractivity contribution is 7.14. The van der Waals surface area contributed by atoms with Gasteiger partial charge in [-0.15, -0.1) is 22.9 Å². The minimum atomic E-state index is -0.219. The van der Waals surface area contributed by atoms with Crippen molar-refractivity contribution in [1.82, 2.24) is 9.97 Å². The van der Waals surface area contributed by atoms with Gasteiger partial charge in [-0.1, -0.05) is 0 Å². The standard InChI is InChI=1S/C10H8ClN3OS/c11-4-8-6-16-10(13-8)14-9(15)7-2-1-3-12-5-7/h1-3,5-6H,4H2,(H,13,14,15). The molecule has 2 aromatic heterocycles. The van der Waals surface area contributed by atoms with Gasteiger partial charge in [0.1, 0.15) is 0 Å². The number of aromatic nitrogens is 2. The Morgan fingerprint density at radius 2 is 2.44 bits per heavy atom. The van der Waals surface area contributed by atoms with Crippen molar-refractivity contribution >= 4 is 34.0 Å². The third-order valence-electron chi connectivity index (χ3n) is 1.83. The normalized spacial score (nSPS) is 10.1. The van der Waals surface area contributed by atoms with E-state index in [1.54, 1.807) is 18.3 Å². The van der Waals surface area contributed by atoms with Crippen LogP contribution in [-0.2, 0) is 5.88 Å². The van der Waals surface area contributed by atoms with Crippen LogP contribution in [-0.4, -0.2) is 15.9 Å². The van der Waals surface area contributed by atoms with Crippen molar-refractivity contribution in [2.24, 2.45) is 0 Å². The molecule has 0 bridgehead atoms. The zero-order valence-electron chi connectivity index (χ0n) is 8.18. The van der Waals surface area contributed by atoms with Gasteiger partial charge in [0.15, 0.2) is 5.13 Å². The Kier molecular flexibility index (Phi) is 3.48. The Morgan fingerprint density at radius 1 is 1.56 bits per heavy atom. The number of carbonyl (C=O) groups excluding carboxylic acids is 1. The monoisotopic (exact) mass is 253 g/mol. The van der Waals surface area contributed by atoms with Gasteiger partial charge in [-0.25, -0.2) is 4.98 Å². The molecule has 0 aliphatic rings. The van der Waals surface area contributed by atoms with Crippen molar-refractivity contribution in [3.8, 4) is 0 Å². The first-order valence-electron chi connectivity index (χ1n) is 4.51. The lowest BCUT2D eigenvalue weighted by molar-refractivity contribution is 0.102. The van der Waals surface area contributed by atoms with E-state index in [0.29, 0.717) is 16.6 Å². The first kappa shape index (κ1) is 11.0. The van der Waals surface area contributed by atoms with E-state index in [2.05, 4.69) is 15.3 Å². The fraction of sp³-hybridized carbons (Fsp3) is 0.100. The third-order valence-corrected chi connectivity index (χ3v) is 2.91. The molecule has 0 aliphatic heterocycles. The van der Waals surface area contributed by atoms with Crippen LogP contribution in [0.4, 0.5) is 5.13 Å². The lowest BCUT2D eigenvalue weighted by atomic mass is 10.3. The molecule has 0 fully saturated rings. The lowest BCUT2D eigenvalue weighted by Crippen LogP contribution is -2.11. The summed E-state index contributed by atoms with van der Waals surface area (Å²) in [5, 5.41) is 5.04. The molecule has 0 radical (unpaired) electrons. The van der Waals surface area contributed by atoms with E-state index in [0.717, 1.165) is 5.69 Å². The Labute approximate surface area is 101 Å². The number of alkyl halides is 1. The lowest BCUT2D eigenvalue weighted by Gasteiger charge is -1.99. The maximum atomic E-state index is 11.7. The molecule has 2 rings (SSSR count). The van der Waals surface area contributed by atoms with Crippen molar-refractivity contribution in [2.75, 3.05) is 5.32 Å². The summed E-state index contributed by atoms with van der Waals surface area (Å²) in [4.78, 5) is 19.7. The smallest absolute Gasteiger partial charge is 0.259 e. The predicted octanol–water partition coefficient (Wildman–Crippen LogP) is 2.53. The van der Waals surface area contributed by atoms with Gasteiger partial charge in [0, 0.05) is 17.8 Å². The van der Waals surface area contributed by atoms with E-state index in [9.17, 15) is 4.79 Å². The van der Waals surface area contributed by atoms with Crippen LogP contribution in [0.15, 0.2) is 29.9 Å². The summed E-state index contributed by atoms with van der Waals surface area (Å²) >= 11 is 6.96. The molecular formula is C10H8ClN3OS. The molecule has 1 N–H and O–H groups in total. The number of anilines is 1. The van der Waals surface area contributed by atoms with Crippen molar-refractivity contribution in [3.63, 3.8) is 0 Å². The second kappa shape index (κ2) is 5.05. The topological polar surface area (TPSA) is 54.9 Å². The molecule has 0 atom stereocenters. The molecule has 0 saturated heterocycles. The molecule has 2 heterocycles. The van der Waals surface area contributed by atoms with Crippen LogP contribution in [0.1, 0.15) is 16.1 Å². The molecule has 2 aromatic rings. The van der Waals surface area contributed by atoms with Crippen LogP contribution in [0.5, 0.6) is 0 Å². The summed E-state index contributed by atoms with van der Waals surface area (Å²) in [5.74, 6) is 0.128. The highest BCUT2D eigenvalue weighted by atomic mass is 35.5. The molecule has 0 spiro atoms. The summed E-state index contributed by atoms with van der Waals surface area (Å²) in [6.45, 7) is 0. The zero-order valence-corrected chi connectivity index (χ0v) is 9.76. The number of thiazole rings is 1. The number of nitrogens with one attached hydrogen (secondary N) is 1. The summed E-state index contributed by atoms with van der Waals surface area (Å²) in [6.07, 6.45) is 3.12. The van der Waals surface area contributed by atoms with Gasteiger partial charge in [0.05, 0.1) is 17.1 Å². The van der Waals surface area contributed by atoms with Gasteiger partial charge in [0.25, 0.3) is 5.91 Å². The summed E-state index contributed by atoms with van der Waals surface area (Å²) < 4.78 is 0. The SMILES string of the molecule is O=C(Nc1nc(CCl)cs1)c1cccnc1. The molecular weight excluding hydrogens is 246 g/mol. The minimum absolute atomic E-state index is 0.219. The number of carbonyl (C=O) groups is 1. The van der Waals surface area contributed by atoms with Crippen molar-refractivity contribution in [3.05, 3.63) is 41.2 Å². The maximum Gasteiger partial charge on any atom is 0.259 e. The van der Waals surface area contributed by atoms with Gasteiger partial charge in [-0.05, 0) is 12.1 Å². The molecule has 0 saturated carbocycles. The molecule has 1 amide bonds. The van der Waals surface area contributed by atoms with E-state index >= 15 is 0 Å². The number of amides is 1. The van der Waals surface area contributed by atoms with Crippen LogP contribution in [0.2, 0.25) is 0 Å². The van der Waals surface area contributed by atoms with E-state index in [1.807, 2.05) is 5.38 Å². The molecule has 82 valence electrons. The summed E-state index contributed by atoms with van der Waals surface area (Å²) in [5.41, 5.74) is 1.26. The fourth-order valence-electron chi connectivity index (χ4n) is 1.09. The zero-order chi connectivity index (χ0) is 11.4. The fourth-order valence-corrected chi connectivity index (χ4v) is 2.03. The number of halogens is 1. The quantitative estimate of drug-likeness (QED) is 0.856. The van der Waals surface area contributed by atoms with Crippen molar-refractivity contribution in [1.29, 1.82) is 0 Å². The Bertz CT molecular complexity index is 486. The van der Waals surface area contributed by atoms with Gasteiger partial charge < -0.3 is 0 Å². The van der Waals surface area contributed by atoms with Crippen LogP contribution >= 0.6 is 22.9 Å². The Morgan fingerprint density at radius 3 is 3.06 bits per heavy atom. The van der Waals surface area contributed by atoms with E-state index in [-0.39, 0.29) is 5.91 Å². The van der Waals surface area contributed by atoms with Crippen LogP contribution in [0.25, 0.3) is 0 Å². The number of nitrogens with zero attached hydrogens (tertiary/aromatic N) is 2. The highest BCUT2D eigenvalue weighted by Gasteiger charge is 2.08. The summed E-state index contributed by atoms with van der Waals surface area (Å²) in [7, 11) is 0. The minimum Gasteiger partial charge on any atom is -0.298 e. The molecule has 16 heavy (non-hydrogen) atoms. The number of hydrogen-bond acceptors (Lipinski definition) is 4. The second-order valence-electron chi connectivity index (χ2n) is 2.97. The molecule has 0 unspecified atom stereocenters. The largest absolute Gasteiger partial charge is 0.298 e. The Balaban J connectivity index is 2.08. The van der Waals surface area contributed by atoms with Gasteiger partial charge in [0.2, 0.25) is 0 Å². The number of pyridine rings is 1. The number of rotatable bonds is 3. The summed E-state index contributed by atoms with van der Waals surface area (Å²) in [6, 6.07) is 3.40. The van der Waals surface area contributed by atoms with E-state index < -0.39 is 0 Å². The maximum absolute atomic E-state index is 11.7. The first-order chi connectivity index (χ1) is 7.79. The third kappa shape index (κ3) is 2.56. The van der Waals surface area contributed by atoms with E-state index in [4.69, 9.17) is 11.6 Å². The molecule has 6 heteroatoms. The predicted molar refractivity (Wildman–Crippen MR) is 63.9 cm³/mol. The average molecular weight is 254 g/mol. The molecule has 4 nitrogen and oxygen atoms in total.